The fourth-order valence-electron chi connectivity index (χ4n) is 2.44. The first kappa shape index (κ1) is 22.5. The molecule has 0 atom stereocenters. The third kappa shape index (κ3) is 8.14. The lowest BCUT2D eigenvalue weighted by Gasteiger charge is -2.25. The highest BCUT2D eigenvalue weighted by atomic mass is 127. The topological polar surface area (TPSA) is 73.8 Å². The number of hydrogen-bond donors (Lipinski definition) is 2. The summed E-state index contributed by atoms with van der Waals surface area (Å²) in [5, 5.41) is 6.29. The van der Waals surface area contributed by atoms with E-state index in [1.165, 1.54) is 5.56 Å². The Hall–Kier alpha value is -0.520. The van der Waals surface area contributed by atoms with Crippen molar-refractivity contribution in [2.24, 2.45) is 4.99 Å². The molecule has 0 bridgehead atoms. The summed E-state index contributed by atoms with van der Waals surface area (Å²) in [6.45, 7) is 2.35. The van der Waals surface area contributed by atoms with Crippen molar-refractivity contribution in [2.75, 3.05) is 50.5 Å². The average Bonchev–Trinajstić information content (AvgIpc) is 2.62. The predicted octanol–water partition coefficient (Wildman–Crippen LogP) is 1.39. The van der Waals surface area contributed by atoms with E-state index in [9.17, 15) is 8.42 Å². The molecule has 1 heterocycles. The highest BCUT2D eigenvalue weighted by Crippen LogP contribution is 2.12. The van der Waals surface area contributed by atoms with E-state index in [2.05, 4.69) is 27.8 Å². The van der Waals surface area contributed by atoms with Gasteiger partial charge in [-0.1, -0.05) is 30.3 Å². The number of hydrogen-bond acceptors (Lipinski definition) is 4. The Morgan fingerprint density at radius 2 is 1.80 bits per heavy atom. The van der Waals surface area contributed by atoms with Gasteiger partial charge >= 0.3 is 0 Å². The fraction of sp³-hybridized carbons (Fsp3) is 0.562. The van der Waals surface area contributed by atoms with Gasteiger partial charge in [-0.05, 0) is 12.0 Å². The predicted molar refractivity (Wildman–Crippen MR) is 118 cm³/mol. The maximum Gasteiger partial charge on any atom is 0.215 e. The second kappa shape index (κ2) is 12.0. The van der Waals surface area contributed by atoms with Gasteiger partial charge in [-0.15, -0.1) is 24.0 Å². The Bertz CT molecular complexity index is 620. The average molecular weight is 498 g/mol. The summed E-state index contributed by atoms with van der Waals surface area (Å²) >= 11 is 1.80. The van der Waals surface area contributed by atoms with E-state index in [0.29, 0.717) is 25.6 Å². The van der Waals surface area contributed by atoms with Crippen LogP contribution in [0.5, 0.6) is 0 Å². The van der Waals surface area contributed by atoms with E-state index in [0.717, 1.165) is 24.5 Å². The molecule has 1 aliphatic rings. The maximum atomic E-state index is 12.3. The summed E-state index contributed by atoms with van der Waals surface area (Å²) in [5.74, 6) is 2.50. The fourth-order valence-corrected chi connectivity index (χ4v) is 4.93. The number of guanidine groups is 1. The number of benzene rings is 1. The van der Waals surface area contributed by atoms with Gasteiger partial charge in [0.1, 0.15) is 0 Å². The zero-order chi connectivity index (χ0) is 17.3. The van der Waals surface area contributed by atoms with Crippen molar-refractivity contribution >= 4 is 51.7 Å². The quantitative estimate of drug-likeness (QED) is 0.338. The Morgan fingerprint density at radius 3 is 2.44 bits per heavy atom. The lowest BCUT2D eigenvalue weighted by Crippen LogP contribution is -2.44. The smallest absolute Gasteiger partial charge is 0.215 e. The van der Waals surface area contributed by atoms with Crippen molar-refractivity contribution < 1.29 is 8.42 Å². The summed E-state index contributed by atoms with van der Waals surface area (Å²) < 4.78 is 26.1. The first-order valence-electron chi connectivity index (χ1n) is 8.16. The number of rotatable bonds is 7. The van der Waals surface area contributed by atoms with Crippen LogP contribution in [0.3, 0.4) is 0 Å². The monoisotopic (exact) mass is 498 g/mol. The summed E-state index contributed by atoms with van der Waals surface area (Å²) in [4.78, 5) is 4.13. The van der Waals surface area contributed by atoms with Crippen molar-refractivity contribution in [2.45, 2.75) is 6.42 Å². The number of nitrogens with zero attached hydrogens (tertiary/aromatic N) is 2. The summed E-state index contributed by atoms with van der Waals surface area (Å²) in [5.41, 5.74) is 1.26. The molecule has 1 aliphatic heterocycles. The molecule has 0 radical (unpaired) electrons. The molecule has 2 N–H and O–H groups in total. The zero-order valence-electron chi connectivity index (χ0n) is 14.5. The molecule has 0 aliphatic carbocycles. The third-order valence-corrected chi connectivity index (χ3v) is 6.60. The summed E-state index contributed by atoms with van der Waals surface area (Å²) in [6.07, 6.45) is 0.894. The Balaban J connectivity index is 0.00000312. The van der Waals surface area contributed by atoms with Crippen LogP contribution in [0, 0.1) is 0 Å². The van der Waals surface area contributed by atoms with Crippen LogP contribution in [0.1, 0.15) is 5.56 Å². The zero-order valence-corrected chi connectivity index (χ0v) is 18.4. The van der Waals surface area contributed by atoms with Crippen molar-refractivity contribution in [1.29, 1.82) is 0 Å². The van der Waals surface area contributed by atoms with E-state index in [-0.39, 0.29) is 29.7 Å². The maximum absolute atomic E-state index is 12.3. The van der Waals surface area contributed by atoms with Gasteiger partial charge in [0.15, 0.2) is 5.96 Å². The lowest BCUT2D eigenvalue weighted by molar-refractivity contribution is 0.443. The lowest BCUT2D eigenvalue weighted by atomic mass is 10.1. The van der Waals surface area contributed by atoms with Crippen LogP contribution < -0.4 is 10.6 Å². The standard InChI is InChI=1S/C16H26N4O2S2.HI/c1-17-16(18-8-7-15-5-3-2-4-6-15)19-9-14-24(21,22)20-10-12-23-13-11-20;/h2-6H,7-14H2,1H3,(H2,17,18,19);1H. The molecular weight excluding hydrogens is 471 g/mol. The highest BCUT2D eigenvalue weighted by Gasteiger charge is 2.23. The molecule has 0 amide bonds. The van der Waals surface area contributed by atoms with Gasteiger partial charge in [0.05, 0.1) is 5.75 Å². The first-order valence-corrected chi connectivity index (χ1v) is 10.9. The Kier molecular flexibility index (Phi) is 10.8. The molecule has 2 rings (SSSR count). The van der Waals surface area contributed by atoms with Crippen LogP contribution in [0.2, 0.25) is 0 Å². The van der Waals surface area contributed by atoms with Crippen LogP contribution in [0.4, 0.5) is 0 Å². The van der Waals surface area contributed by atoms with Gasteiger partial charge in [-0.2, -0.15) is 11.8 Å². The number of sulfonamides is 1. The molecule has 1 fully saturated rings. The van der Waals surface area contributed by atoms with Crippen LogP contribution >= 0.6 is 35.7 Å². The van der Waals surface area contributed by atoms with Crippen LogP contribution in [-0.2, 0) is 16.4 Å². The van der Waals surface area contributed by atoms with Gasteiger partial charge in [0, 0.05) is 44.7 Å². The van der Waals surface area contributed by atoms with Crippen LogP contribution in [0.25, 0.3) is 0 Å². The molecule has 1 aromatic carbocycles. The van der Waals surface area contributed by atoms with Crippen LogP contribution in [-0.4, -0.2) is 69.2 Å². The van der Waals surface area contributed by atoms with E-state index in [4.69, 9.17) is 0 Å². The molecule has 1 aromatic rings. The number of aliphatic imine (C=N–C) groups is 1. The van der Waals surface area contributed by atoms with Gasteiger partial charge in [0.2, 0.25) is 10.0 Å². The summed E-state index contributed by atoms with van der Waals surface area (Å²) in [6, 6.07) is 10.2. The molecule has 6 nitrogen and oxygen atoms in total. The van der Waals surface area contributed by atoms with E-state index >= 15 is 0 Å². The molecule has 25 heavy (non-hydrogen) atoms. The molecule has 0 unspecified atom stereocenters. The largest absolute Gasteiger partial charge is 0.356 e. The minimum Gasteiger partial charge on any atom is -0.356 e. The van der Waals surface area contributed by atoms with Crippen molar-refractivity contribution in [3.8, 4) is 0 Å². The normalized spacial score (nSPS) is 16.1. The Labute approximate surface area is 172 Å². The van der Waals surface area contributed by atoms with Gasteiger partial charge in [0.25, 0.3) is 0 Å². The third-order valence-electron chi connectivity index (χ3n) is 3.79. The Morgan fingerprint density at radius 1 is 1.16 bits per heavy atom. The molecule has 142 valence electrons. The van der Waals surface area contributed by atoms with Gasteiger partial charge in [-0.25, -0.2) is 12.7 Å². The molecule has 9 heteroatoms. The van der Waals surface area contributed by atoms with Crippen molar-refractivity contribution in [3.63, 3.8) is 0 Å². The van der Waals surface area contributed by atoms with E-state index in [1.54, 1.807) is 23.1 Å². The molecule has 1 saturated heterocycles. The van der Waals surface area contributed by atoms with Crippen molar-refractivity contribution in [3.05, 3.63) is 35.9 Å². The molecule has 0 aromatic heterocycles. The van der Waals surface area contributed by atoms with E-state index < -0.39 is 10.0 Å². The molecular formula is C16H27IN4O2S2. The SMILES string of the molecule is CN=C(NCCc1ccccc1)NCCS(=O)(=O)N1CCSCC1.I. The molecule has 0 saturated carbocycles. The minimum atomic E-state index is -3.18. The summed E-state index contributed by atoms with van der Waals surface area (Å²) in [7, 11) is -1.49. The minimum absolute atomic E-state index is 0. The first-order chi connectivity index (χ1) is 11.6. The second-order valence-electron chi connectivity index (χ2n) is 5.49. The van der Waals surface area contributed by atoms with Crippen LogP contribution in [0.15, 0.2) is 35.3 Å². The highest BCUT2D eigenvalue weighted by molar-refractivity contribution is 14.0. The molecule has 0 spiro atoms. The second-order valence-corrected chi connectivity index (χ2v) is 8.80. The van der Waals surface area contributed by atoms with Gasteiger partial charge in [-0.3, -0.25) is 4.99 Å². The number of thioether (sulfide) groups is 1. The van der Waals surface area contributed by atoms with Gasteiger partial charge < -0.3 is 10.6 Å². The number of halogens is 1. The number of nitrogens with one attached hydrogen (secondary N) is 2. The van der Waals surface area contributed by atoms with E-state index in [1.807, 2.05) is 18.2 Å². The van der Waals surface area contributed by atoms with Crippen molar-refractivity contribution in [1.82, 2.24) is 14.9 Å².